The molecule has 96 valence electrons. The highest BCUT2D eigenvalue weighted by molar-refractivity contribution is 9.10. The van der Waals surface area contributed by atoms with Gasteiger partial charge in [0.1, 0.15) is 5.82 Å². The van der Waals surface area contributed by atoms with Crippen molar-refractivity contribution >= 4 is 21.6 Å². The molecule has 2 aromatic rings. The number of anilines is 1. The number of rotatable bonds is 5. The largest absolute Gasteiger partial charge is 0.377 e. The summed E-state index contributed by atoms with van der Waals surface area (Å²) in [6, 6.07) is 6.22. The van der Waals surface area contributed by atoms with Crippen LogP contribution in [0.4, 0.5) is 5.69 Å². The molecule has 1 heterocycles. The fourth-order valence-electron chi connectivity index (χ4n) is 1.91. The minimum absolute atomic E-state index is 0.745. The summed E-state index contributed by atoms with van der Waals surface area (Å²) in [6.45, 7) is 6.03. The first-order valence-electron chi connectivity index (χ1n) is 6.21. The average Bonchev–Trinajstić information content (AvgIpc) is 2.79. The molecule has 18 heavy (non-hydrogen) atoms. The van der Waals surface area contributed by atoms with E-state index in [0.717, 1.165) is 35.5 Å². The van der Waals surface area contributed by atoms with E-state index in [1.54, 1.807) is 0 Å². The maximum atomic E-state index is 4.39. The fraction of sp³-hybridized carbons (Fsp3) is 0.357. The Morgan fingerprint density at radius 1 is 1.39 bits per heavy atom. The van der Waals surface area contributed by atoms with Gasteiger partial charge >= 0.3 is 0 Å². The Kier molecular flexibility index (Phi) is 4.42. The van der Waals surface area contributed by atoms with Crippen LogP contribution in [0.5, 0.6) is 0 Å². The molecule has 0 saturated heterocycles. The molecule has 0 atom stereocenters. The lowest BCUT2D eigenvalue weighted by Crippen LogP contribution is -2.08. The summed E-state index contributed by atoms with van der Waals surface area (Å²) in [5, 5.41) is 3.42. The topological polar surface area (TPSA) is 29.9 Å². The molecule has 4 heteroatoms. The lowest BCUT2D eigenvalue weighted by atomic mass is 10.2. The van der Waals surface area contributed by atoms with Gasteiger partial charge in [0.15, 0.2) is 0 Å². The molecule has 1 aromatic heterocycles. The van der Waals surface area contributed by atoms with E-state index in [1.165, 1.54) is 5.56 Å². The van der Waals surface area contributed by atoms with Gasteiger partial charge in [-0.25, -0.2) is 4.98 Å². The number of aromatic nitrogens is 2. The van der Waals surface area contributed by atoms with Crippen molar-refractivity contribution in [2.75, 3.05) is 5.32 Å². The zero-order chi connectivity index (χ0) is 13.0. The van der Waals surface area contributed by atoms with Gasteiger partial charge in [-0.2, -0.15) is 0 Å². The number of hydrogen-bond donors (Lipinski definition) is 1. The molecule has 1 N–H and O–H groups in total. The average molecular weight is 308 g/mol. The SMILES string of the molecule is CCCn1ccnc1CNc1cccc(C)c1Br. The number of nitrogens with one attached hydrogen (secondary N) is 1. The lowest BCUT2D eigenvalue weighted by molar-refractivity contribution is 0.644. The molecule has 0 amide bonds. The molecular weight excluding hydrogens is 290 g/mol. The Balaban J connectivity index is 2.07. The van der Waals surface area contributed by atoms with Crippen LogP contribution in [0.25, 0.3) is 0 Å². The van der Waals surface area contributed by atoms with Gasteiger partial charge in [-0.05, 0) is 40.9 Å². The second-order valence-electron chi connectivity index (χ2n) is 4.33. The molecule has 0 unspecified atom stereocenters. The van der Waals surface area contributed by atoms with Crippen LogP contribution >= 0.6 is 15.9 Å². The van der Waals surface area contributed by atoms with Crippen molar-refractivity contribution in [3.8, 4) is 0 Å². The molecule has 0 radical (unpaired) electrons. The van der Waals surface area contributed by atoms with E-state index in [4.69, 9.17) is 0 Å². The maximum absolute atomic E-state index is 4.39. The van der Waals surface area contributed by atoms with Gasteiger partial charge in [0.25, 0.3) is 0 Å². The van der Waals surface area contributed by atoms with Gasteiger partial charge in [-0.15, -0.1) is 0 Å². The number of hydrogen-bond acceptors (Lipinski definition) is 2. The van der Waals surface area contributed by atoms with E-state index in [2.05, 4.69) is 62.8 Å². The molecule has 0 spiro atoms. The van der Waals surface area contributed by atoms with E-state index in [9.17, 15) is 0 Å². The molecule has 0 bridgehead atoms. The highest BCUT2D eigenvalue weighted by Crippen LogP contribution is 2.25. The van der Waals surface area contributed by atoms with Gasteiger partial charge in [-0.1, -0.05) is 19.1 Å². The van der Waals surface area contributed by atoms with Crippen LogP contribution in [0, 0.1) is 6.92 Å². The minimum Gasteiger partial charge on any atom is -0.377 e. The first-order valence-corrected chi connectivity index (χ1v) is 7.00. The molecule has 2 rings (SSSR count). The summed E-state index contributed by atoms with van der Waals surface area (Å²) < 4.78 is 3.31. The van der Waals surface area contributed by atoms with Gasteiger partial charge in [0.2, 0.25) is 0 Å². The second kappa shape index (κ2) is 6.05. The van der Waals surface area contributed by atoms with Crippen LogP contribution in [-0.2, 0) is 13.1 Å². The van der Waals surface area contributed by atoms with Crippen molar-refractivity contribution in [3.63, 3.8) is 0 Å². The van der Waals surface area contributed by atoms with Gasteiger partial charge in [0, 0.05) is 29.1 Å². The summed E-state index contributed by atoms with van der Waals surface area (Å²) in [4.78, 5) is 4.39. The van der Waals surface area contributed by atoms with E-state index in [1.807, 2.05) is 12.4 Å². The number of nitrogens with zero attached hydrogens (tertiary/aromatic N) is 2. The number of aryl methyl sites for hydroxylation is 2. The zero-order valence-electron chi connectivity index (χ0n) is 10.8. The predicted molar refractivity (Wildman–Crippen MR) is 78.7 cm³/mol. The Morgan fingerprint density at radius 3 is 3.00 bits per heavy atom. The van der Waals surface area contributed by atoms with Crippen molar-refractivity contribution in [3.05, 3.63) is 46.5 Å². The number of benzene rings is 1. The third-order valence-corrected chi connectivity index (χ3v) is 3.95. The monoisotopic (exact) mass is 307 g/mol. The van der Waals surface area contributed by atoms with Gasteiger partial charge in [-0.3, -0.25) is 0 Å². The Morgan fingerprint density at radius 2 is 2.22 bits per heavy atom. The summed E-state index contributed by atoms with van der Waals surface area (Å²) in [5.74, 6) is 1.07. The third kappa shape index (κ3) is 2.93. The Hall–Kier alpha value is -1.29. The van der Waals surface area contributed by atoms with Crippen LogP contribution in [0.1, 0.15) is 24.7 Å². The zero-order valence-corrected chi connectivity index (χ0v) is 12.4. The third-order valence-electron chi connectivity index (χ3n) is 2.89. The molecular formula is C14H18BrN3. The molecule has 0 fully saturated rings. The highest BCUT2D eigenvalue weighted by Gasteiger charge is 2.05. The van der Waals surface area contributed by atoms with E-state index in [-0.39, 0.29) is 0 Å². The van der Waals surface area contributed by atoms with Crippen LogP contribution in [-0.4, -0.2) is 9.55 Å². The Labute approximate surface area is 116 Å². The predicted octanol–water partition coefficient (Wildman–Crippen LogP) is 3.98. The first kappa shape index (κ1) is 13.1. The van der Waals surface area contributed by atoms with E-state index in [0.29, 0.717) is 0 Å². The number of imidazole rings is 1. The number of halogens is 1. The molecule has 0 aliphatic heterocycles. The van der Waals surface area contributed by atoms with Crippen molar-refractivity contribution in [1.82, 2.24) is 9.55 Å². The van der Waals surface area contributed by atoms with E-state index < -0.39 is 0 Å². The first-order chi connectivity index (χ1) is 8.72. The van der Waals surface area contributed by atoms with Crippen LogP contribution < -0.4 is 5.32 Å². The van der Waals surface area contributed by atoms with Crippen LogP contribution in [0.15, 0.2) is 35.1 Å². The quantitative estimate of drug-likeness (QED) is 0.905. The van der Waals surface area contributed by atoms with Crippen LogP contribution in [0.2, 0.25) is 0 Å². The van der Waals surface area contributed by atoms with Gasteiger partial charge in [0.05, 0.1) is 6.54 Å². The summed E-state index contributed by atoms with van der Waals surface area (Å²) >= 11 is 3.60. The molecule has 0 saturated carbocycles. The normalized spacial score (nSPS) is 10.6. The van der Waals surface area contributed by atoms with Gasteiger partial charge < -0.3 is 9.88 Å². The molecule has 0 aliphatic carbocycles. The lowest BCUT2D eigenvalue weighted by Gasteiger charge is -2.11. The summed E-state index contributed by atoms with van der Waals surface area (Å²) in [7, 11) is 0. The van der Waals surface area contributed by atoms with Crippen molar-refractivity contribution in [2.24, 2.45) is 0 Å². The molecule has 1 aromatic carbocycles. The van der Waals surface area contributed by atoms with E-state index >= 15 is 0 Å². The maximum Gasteiger partial charge on any atom is 0.128 e. The smallest absolute Gasteiger partial charge is 0.128 e. The molecule has 0 aliphatic rings. The summed E-state index contributed by atoms with van der Waals surface area (Å²) in [6.07, 6.45) is 5.02. The standard InChI is InChI=1S/C14H18BrN3/c1-3-8-18-9-7-16-13(18)10-17-12-6-4-5-11(2)14(12)15/h4-7,9,17H,3,8,10H2,1-2H3. The van der Waals surface area contributed by atoms with Crippen molar-refractivity contribution in [1.29, 1.82) is 0 Å². The van der Waals surface area contributed by atoms with Crippen molar-refractivity contribution in [2.45, 2.75) is 33.4 Å². The minimum atomic E-state index is 0.745. The second-order valence-corrected chi connectivity index (χ2v) is 5.12. The highest BCUT2D eigenvalue weighted by atomic mass is 79.9. The molecule has 3 nitrogen and oxygen atoms in total. The Bertz CT molecular complexity index is 520. The summed E-state index contributed by atoms with van der Waals surface area (Å²) in [5.41, 5.74) is 2.35. The van der Waals surface area contributed by atoms with Crippen LogP contribution in [0.3, 0.4) is 0 Å². The van der Waals surface area contributed by atoms with Crippen molar-refractivity contribution < 1.29 is 0 Å². The fourth-order valence-corrected chi connectivity index (χ4v) is 2.31.